The van der Waals surface area contributed by atoms with Gasteiger partial charge < -0.3 is 9.84 Å². The van der Waals surface area contributed by atoms with Gasteiger partial charge in [-0.3, -0.25) is 0 Å². The van der Waals surface area contributed by atoms with Crippen molar-refractivity contribution in [1.29, 1.82) is 0 Å². The van der Waals surface area contributed by atoms with Crippen LogP contribution in [0, 0.1) is 6.92 Å². The monoisotopic (exact) mass is 303 g/mol. The average molecular weight is 303 g/mol. The van der Waals surface area contributed by atoms with Crippen LogP contribution in [0.15, 0.2) is 30.3 Å². The van der Waals surface area contributed by atoms with E-state index in [1.54, 1.807) is 11.3 Å². The lowest BCUT2D eigenvalue weighted by Crippen LogP contribution is -1.98. The predicted molar refractivity (Wildman–Crippen MR) is 83.7 cm³/mol. The van der Waals surface area contributed by atoms with E-state index in [9.17, 15) is 4.79 Å². The molecule has 2 heterocycles. The van der Waals surface area contributed by atoms with Gasteiger partial charge in [0.2, 0.25) is 0 Å². The van der Waals surface area contributed by atoms with Crippen LogP contribution in [-0.4, -0.2) is 16.1 Å². The van der Waals surface area contributed by atoms with Crippen molar-refractivity contribution in [1.82, 2.24) is 4.98 Å². The third-order valence-electron chi connectivity index (χ3n) is 2.84. The van der Waals surface area contributed by atoms with Crippen LogP contribution in [0.25, 0.3) is 6.08 Å². The fraction of sp³-hybridized carbons (Fsp3) is 0.250. The molecule has 21 heavy (non-hydrogen) atoms. The highest BCUT2D eigenvalue weighted by molar-refractivity contribution is 7.11. The van der Waals surface area contributed by atoms with E-state index in [1.165, 1.54) is 11.0 Å². The lowest BCUT2D eigenvalue weighted by molar-refractivity contribution is -0.131. The van der Waals surface area contributed by atoms with Gasteiger partial charge in [-0.2, -0.15) is 0 Å². The Balaban J connectivity index is 2.13. The molecule has 2 aromatic rings. The molecule has 0 aliphatic rings. The highest BCUT2D eigenvalue weighted by Gasteiger charge is 2.06. The van der Waals surface area contributed by atoms with Crippen LogP contribution in [0.3, 0.4) is 0 Å². The minimum absolute atomic E-state index is 0.462. The van der Waals surface area contributed by atoms with E-state index in [0.717, 1.165) is 23.1 Å². The number of pyridine rings is 1. The molecule has 1 N–H and O–H groups in total. The number of carboxylic acids is 1. The maximum Gasteiger partial charge on any atom is 0.328 e. The van der Waals surface area contributed by atoms with Crippen molar-refractivity contribution >= 4 is 23.4 Å². The van der Waals surface area contributed by atoms with Gasteiger partial charge in [0.05, 0.1) is 0 Å². The summed E-state index contributed by atoms with van der Waals surface area (Å²) in [5.74, 6) is -0.417. The van der Waals surface area contributed by atoms with Gasteiger partial charge in [-0.25, -0.2) is 9.78 Å². The molecule has 0 radical (unpaired) electrons. The maximum atomic E-state index is 10.6. The van der Waals surface area contributed by atoms with Gasteiger partial charge in [-0.1, -0.05) is 6.92 Å². The zero-order valence-corrected chi connectivity index (χ0v) is 12.8. The maximum absolute atomic E-state index is 10.6. The van der Waals surface area contributed by atoms with E-state index >= 15 is 0 Å². The lowest BCUT2D eigenvalue weighted by atomic mass is 10.2. The zero-order chi connectivity index (χ0) is 15.2. The number of hydrogen-bond donors (Lipinski definition) is 1. The molecule has 0 aliphatic carbocycles. The van der Waals surface area contributed by atoms with Crippen molar-refractivity contribution in [3.8, 4) is 5.75 Å². The van der Waals surface area contributed by atoms with Gasteiger partial charge in [0.1, 0.15) is 18.1 Å². The molecule has 110 valence electrons. The second-order valence-corrected chi connectivity index (χ2v) is 5.77. The van der Waals surface area contributed by atoms with E-state index in [1.807, 2.05) is 19.1 Å². The topological polar surface area (TPSA) is 59.4 Å². The summed E-state index contributed by atoms with van der Waals surface area (Å²) >= 11 is 1.72. The van der Waals surface area contributed by atoms with Crippen molar-refractivity contribution in [2.75, 3.05) is 0 Å². The largest absolute Gasteiger partial charge is 0.486 e. The molecule has 5 heteroatoms. The van der Waals surface area contributed by atoms with Crippen LogP contribution in [0.5, 0.6) is 5.75 Å². The zero-order valence-electron chi connectivity index (χ0n) is 12.0. The Morgan fingerprint density at radius 3 is 2.76 bits per heavy atom. The van der Waals surface area contributed by atoms with E-state index < -0.39 is 5.97 Å². The Morgan fingerprint density at radius 2 is 2.10 bits per heavy atom. The first-order valence-corrected chi connectivity index (χ1v) is 7.49. The quantitative estimate of drug-likeness (QED) is 0.827. The molecule has 2 rings (SSSR count). The number of nitrogens with zero attached hydrogens (tertiary/aromatic N) is 1. The molecule has 2 aromatic heterocycles. The van der Waals surface area contributed by atoms with Crippen LogP contribution in [-0.2, 0) is 17.8 Å². The Kier molecular flexibility index (Phi) is 5.11. The highest BCUT2D eigenvalue weighted by atomic mass is 32.1. The molecule has 0 unspecified atom stereocenters. The Labute approximate surface area is 127 Å². The Morgan fingerprint density at radius 1 is 1.33 bits per heavy atom. The molecule has 0 aliphatic heterocycles. The molecule has 0 amide bonds. The van der Waals surface area contributed by atoms with Crippen molar-refractivity contribution < 1.29 is 14.6 Å². The number of aliphatic carboxylic acids is 1. The van der Waals surface area contributed by atoms with Gasteiger partial charge in [0, 0.05) is 21.5 Å². The number of rotatable bonds is 6. The van der Waals surface area contributed by atoms with Crippen LogP contribution < -0.4 is 4.74 Å². The summed E-state index contributed by atoms with van der Waals surface area (Å²) < 4.78 is 5.77. The van der Waals surface area contributed by atoms with Crippen LogP contribution in [0.2, 0.25) is 0 Å². The third-order valence-corrected chi connectivity index (χ3v) is 4.05. The van der Waals surface area contributed by atoms with E-state index in [-0.39, 0.29) is 0 Å². The van der Waals surface area contributed by atoms with Crippen molar-refractivity contribution in [3.63, 3.8) is 0 Å². The normalized spacial score (nSPS) is 11.0. The molecule has 0 saturated heterocycles. The van der Waals surface area contributed by atoms with E-state index in [2.05, 4.69) is 24.0 Å². The average Bonchev–Trinajstić information content (AvgIpc) is 2.92. The molecule has 0 saturated carbocycles. The van der Waals surface area contributed by atoms with Crippen LogP contribution in [0.1, 0.15) is 28.1 Å². The first-order valence-electron chi connectivity index (χ1n) is 6.67. The SMILES string of the molecule is CCc1ccc(COc2ccc(C)nc2C=CC(=O)O)s1. The van der Waals surface area contributed by atoms with Crippen molar-refractivity contribution in [3.05, 3.63) is 51.5 Å². The summed E-state index contributed by atoms with van der Waals surface area (Å²) in [6, 6.07) is 7.82. The number of ether oxygens (including phenoxy) is 1. The van der Waals surface area contributed by atoms with Gasteiger partial charge in [0.25, 0.3) is 0 Å². The fourth-order valence-corrected chi connectivity index (χ4v) is 2.67. The summed E-state index contributed by atoms with van der Waals surface area (Å²) in [6.45, 7) is 4.44. The number of carboxylic acid groups (broad SMARTS) is 1. The van der Waals surface area contributed by atoms with Crippen LogP contribution >= 0.6 is 11.3 Å². The molecule has 0 spiro atoms. The van der Waals surface area contributed by atoms with Gasteiger partial charge in [-0.15, -0.1) is 11.3 Å². The number of carbonyl (C=O) groups is 1. The highest BCUT2D eigenvalue weighted by Crippen LogP contribution is 2.22. The molecule has 4 nitrogen and oxygen atoms in total. The third kappa shape index (κ3) is 4.43. The molecule has 0 bridgehead atoms. The lowest BCUT2D eigenvalue weighted by Gasteiger charge is -2.08. The summed E-state index contributed by atoms with van der Waals surface area (Å²) in [7, 11) is 0. The van der Waals surface area contributed by atoms with Gasteiger partial charge in [-0.05, 0) is 43.7 Å². The number of thiophene rings is 1. The van der Waals surface area contributed by atoms with Gasteiger partial charge >= 0.3 is 5.97 Å². The molecule has 0 fully saturated rings. The number of aryl methyl sites for hydroxylation is 2. The molecular formula is C16H17NO3S. The number of aromatic nitrogens is 1. The van der Waals surface area contributed by atoms with E-state index in [0.29, 0.717) is 18.1 Å². The van der Waals surface area contributed by atoms with Crippen molar-refractivity contribution in [2.45, 2.75) is 26.9 Å². The second-order valence-electron chi connectivity index (χ2n) is 4.52. The second kappa shape index (κ2) is 7.04. The van der Waals surface area contributed by atoms with Crippen molar-refractivity contribution in [2.24, 2.45) is 0 Å². The standard InChI is InChI=1S/C16H17NO3S/c1-3-12-5-6-13(21-12)10-20-15-8-4-11(2)17-14(15)7-9-16(18)19/h4-9H,3,10H2,1-2H3,(H,18,19). The Bertz CT molecular complexity index is 661. The first kappa shape index (κ1) is 15.3. The summed E-state index contributed by atoms with van der Waals surface area (Å²) in [6.07, 6.45) is 3.54. The summed E-state index contributed by atoms with van der Waals surface area (Å²) in [5.41, 5.74) is 1.35. The minimum atomic E-state index is -1.00. The van der Waals surface area contributed by atoms with Crippen LogP contribution in [0.4, 0.5) is 0 Å². The smallest absolute Gasteiger partial charge is 0.328 e. The van der Waals surface area contributed by atoms with Gasteiger partial charge in [0.15, 0.2) is 0 Å². The molecule has 0 atom stereocenters. The molecular weight excluding hydrogens is 286 g/mol. The molecule has 0 aromatic carbocycles. The predicted octanol–water partition coefficient (Wildman–Crippen LogP) is 3.69. The summed E-state index contributed by atoms with van der Waals surface area (Å²) in [4.78, 5) is 17.4. The minimum Gasteiger partial charge on any atom is -0.486 e. The Hall–Kier alpha value is -2.14. The first-order chi connectivity index (χ1) is 10.1. The summed E-state index contributed by atoms with van der Waals surface area (Å²) in [5, 5.41) is 8.72. The fourth-order valence-electron chi connectivity index (χ4n) is 1.79. The number of hydrogen-bond acceptors (Lipinski definition) is 4. The van der Waals surface area contributed by atoms with E-state index in [4.69, 9.17) is 9.84 Å².